The Balaban J connectivity index is 1.98. The Morgan fingerprint density at radius 3 is 2.55 bits per heavy atom. The van der Waals surface area contributed by atoms with Crippen LogP contribution in [0, 0.1) is 6.92 Å². The molecule has 0 saturated carbocycles. The fourth-order valence-electron chi connectivity index (χ4n) is 2.00. The van der Waals surface area contributed by atoms with Crippen molar-refractivity contribution < 1.29 is 9.59 Å². The molecule has 22 heavy (non-hydrogen) atoms. The Morgan fingerprint density at radius 1 is 1.14 bits per heavy atom. The fraction of sp³-hybridized carbons (Fsp3) is 0.176. The van der Waals surface area contributed by atoms with Gasteiger partial charge in [-0.05, 0) is 43.7 Å². The van der Waals surface area contributed by atoms with E-state index in [0.717, 1.165) is 5.56 Å². The van der Waals surface area contributed by atoms with E-state index in [2.05, 4.69) is 10.6 Å². The van der Waals surface area contributed by atoms with Crippen LogP contribution in [0.15, 0.2) is 42.5 Å². The van der Waals surface area contributed by atoms with Gasteiger partial charge in [0, 0.05) is 22.0 Å². The van der Waals surface area contributed by atoms with Gasteiger partial charge in [-0.2, -0.15) is 0 Å². The molecule has 0 saturated heterocycles. The molecule has 0 fully saturated rings. The topological polar surface area (TPSA) is 58.2 Å². The number of ketones is 1. The van der Waals surface area contributed by atoms with Crippen LogP contribution in [0.25, 0.3) is 0 Å². The van der Waals surface area contributed by atoms with Crippen molar-refractivity contribution >= 4 is 34.7 Å². The van der Waals surface area contributed by atoms with E-state index < -0.39 is 0 Å². The van der Waals surface area contributed by atoms with E-state index in [1.807, 2.05) is 19.1 Å². The largest absolute Gasteiger partial charge is 0.376 e. The number of hydrogen-bond acceptors (Lipinski definition) is 3. The normalized spacial score (nSPS) is 10.1. The number of anilines is 2. The molecule has 2 rings (SSSR count). The van der Waals surface area contributed by atoms with E-state index in [4.69, 9.17) is 11.6 Å². The lowest BCUT2D eigenvalue weighted by Gasteiger charge is -2.11. The van der Waals surface area contributed by atoms with Crippen molar-refractivity contribution in [3.05, 3.63) is 58.6 Å². The Hall–Kier alpha value is -2.33. The summed E-state index contributed by atoms with van der Waals surface area (Å²) in [5.74, 6) is -0.257. The van der Waals surface area contributed by atoms with Gasteiger partial charge in [0.05, 0.1) is 6.54 Å². The summed E-state index contributed by atoms with van der Waals surface area (Å²) in [6.07, 6.45) is 0. The van der Waals surface area contributed by atoms with E-state index >= 15 is 0 Å². The molecule has 0 aliphatic rings. The minimum atomic E-state index is -0.210. The zero-order valence-corrected chi connectivity index (χ0v) is 13.2. The predicted octanol–water partition coefficient (Wildman–Crippen LogP) is 3.90. The first kappa shape index (κ1) is 16.0. The smallest absolute Gasteiger partial charge is 0.243 e. The minimum absolute atomic E-state index is 0.0474. The quantitative estimate of drug-likeness (QED) is 0.822. The van der Waals surface area contributed by atoms with Gasteiger partial charge in [0.1, 0.15) is 0 Å². The van der Waals surface area contributed by atoms with E-state index in [1.54, 1.807) is 30.3 Å². The van der Waals surface area contributed by atoms with Crippen molar-refractivity contribution in [3.63, 3.8) is 0 Å². The molecular formula is C17H17ClN2O2. The number of halogens is 1. The number of carbonyl (C=O) groups excluding carboxylic acids is 2. The Bertz CT molecular complexity index is 714. The SMILES string of the molecule is CC(=O)c1ccccc1NCC(=O)Nc1ccc(C)c(Cl)c1. The van der Waals surface area contributed by atoms with Gasteiger partial charge in [0.25, 0.3) is 0 Å². The van der Waals surface area contributed by atoms with Gasteiger partial charge in [0.15, 0.2) is 5.78 Å². The highest BCUT2D eigenvalue weighted by atomic mass is 35.5. The number of hydrogen-bond donors (Lipinski definition) is 2. The maximum atomic E-state index is 12.0. The van der Waals surface area contributed by atoms with Crippen LogP contribution in [0.1, 0.15) is 22.8 Å². The van der Waals surface area contributed by atoms with Crippen molar-refractivity contribution in [2.24, 2.45) is 0 Å². The van der Waals surface area contributed by atoms with Gasteiger partial charge in [-0.1, -0.05) is 29.8 Å². The number of amides is 1. The first-order valence-corrected chi connectivity index (χ1v) is 7.25. The summed E-state index contributed by atoms with van der Waals surface area (Å²) in [7, 11) is 0. The molecular weight excluding hydrogens is 300 g/mol. The minimum Gasteiger partial charge on any atom is -0.376 e. The second kappa shape index (κ2) is 7.09. The highest BCUT2D eigenvalue weighted by Gasteiger charge is 2.08. The summed E-state index contributed by atoms with van der Waals surface area (Å²) in [6, 6.07) is 12.4. The highest BCUT2D eigenvalue weighted by Crippen LogP contribution is 2.20. The van der Waals surface area contributed by atoms with Crippen LogP contribution in [0.2, 0.25) is 5.02 Å². The molecule has 114 valence electrons. The molecule has 0 heterocycles. The third kappa shape index (κ3) is 4.09. The molecule has 0 radical (unpaired) electrons. The van der Waals surface area contributed by atoms with Crippen molar-refractivity contribution in [3.8, 4) is 0 Å². The first-order valence-electron chi connectivity index (χ1n) is 6.87. The van der Waals surface area contributed by atoms with Crippen LogP contribution in [-0.2, 0) is 4.79 Å². The Morgan fingerprint density at radius 2 is 1.86 bits per heavy atom. The highest BCUT2D eigenvalue weighted by molar-refractivity contribution is 6.31. The molecule has 2 aromatic rings. The monoisotopic (exact) mass is 316 g/mol. The lowest BCUT2D eigenvalue weighted by Crippen LogP contribution is -2.22. The fourth-order valence-corrected chi connectivity index (χ4v) is 2.18. The van der Waals surface area contributed by atoms with Crippen LogP contribution in [0.3, 0.4) is 0 Å². The molecule has 0 atom stereocenters. The van der Waals surface area contributed by atoms with Crippen molar-refractivity contribution in [1.29, 1.82) is 0 Å². The summed E-state index contributed by atoms with van der Waals surface area (Å²) < 4.78 is 0. The summed E-state index contributed by atoms with van der Waals surface area (Å²) >= 11 is 6.02. The van der Waals surface area contributed by atoms with Crippen LogP contribution in [-0.4, -0.2) is 18.2 Å². The second-order valence-corrected chi connectivity index (χ2v) is 5.37. The number of rotatable bonds is 5. The van der Waals surface area contributed by atoms with Gasteiger partial charge in [-0.15, -0.1) is 0 Å². The lowest BCUT2D eigenvalue weighted by molar-refractivity contribution is -0.114. The van der Waals surface area contributed by atoms with Gasteiger partial charge in [-0.25, -0.2) is 0 Å². The molecule has 0 aliphatic heterocycles. The molecule has 2 N–H and O–H groups in total. The Labute approximate surface area is 134 Å². The third-order valence-electron chi connectivity index (χ3n) is 3.20. The molecule has 2 aromatic carbocycles. The number of nitrogens with one attached hydrogen (secondary N) is 2. The number of benzene rings is 2. The van der Waals surface area contributed by atoms with Gasteiger partial charge in [-0.3, -0.25) is 9.59 Å². The lowest BCUT2D eigenvalue weighted by atomic mass is 10.1. The Kier molecular flexibility index (Phi) is 5.17. The van der Waals surface area contributed by atoms with E-state index in [1.165, 1.54) is 6.92 Å². The standard InChI is InChI=1S/C17H17ClN2O2/c1-11-7-8-13(9-15(11)18)20-17(22)10-19-16-6-4-3-5-14(16)12(2)21/h3-9,19H,10H2,1-2H3,(H,20,22). The van der Waals surface area contributed by atoms with Crippen LogP contribution >= 0.6 is 11.6 Å². The van der Waals surface area contributed by atoms with Gasteiger partial charge >= 0.3 is 0 Å². The van der Waals surface area contributed by atoms with Crippen LogP contribution in [0.4, 0.5) is 11.4 Å². The number of Topliss-reactive ketones (excluding diaryl/α,β-unsaturated/α-hetero) is 1. The second-order valence-electron chi connectivity index (χ2n) is 4.97. The number of para-hydroxylation sites is 1. The number of carbonyl (C=O) groups is 2. The summed E-state index contributed by atoms with van der Waals surface area (Å²) in [4.78, 5) is 23.5. The molecule has 0 aromatic heterocycles. The van der Waals surface area contributed by atoms with E-state index in [-0.39, 0.29) is 18.2 Å². The number of aryl methyl sites for hydroxylation is 1. The first-order chi connectivity index (χ1) is 10.5. The predicted molar refractivity (Wildman–Crippen MR) is 89.8 cm³/mol. The molecule has 0 spiro atoms. The van der Waals surface area contributed by atoms with Crippen LogP contribution < -0.4 is 10.6 Å². The van der Waals surface area contributed by atoms with Gasteiger partial charge < -0.3 is 10.6 Å². The maximum Gasteiger partial charge on any atom is 0.243 e. The average molecular weight is 317 g/mol. The molecule has 0 unspecified atom stereocenters. The van der Waals surface area contributed by atoms with Crippen molar-refractivity contribution in [1.82, 2.24) is 0 Å². The molecule has 0 aliphatic carbocycles. The summed E-state index contributed by atoms with van der Waals surface area (Å²) in [5, 5.41) is 6.34. The zero-order valence-electron chi connectivity index (χ0n) is 12.4. The van der Waals surface area contributed by atoms with E-state index in [0.29, 0.717) is 22.0 Å². The molecule has 1 amide bonds. The van der Waals surface area contributed by atoms with Crippen LogP contribution in [0.5, 0.6) is 0 Å². The van der Waals surface area contributed by atoms with E-state index in [9.17, 15) is 9.59 Å². The molecule has 0 bridgehead atoms. The van der Waals surface area contributed by atoms with Gasteiger partial charge in [0.2, 0.25) is 5.91 Å². The van der Waals surface area contributed by atoms with Crippen molar-refractivity contribution in [2.75, 3.05) is 17.2 Å². The molecule has 5 heteroatoms. The maximum absolute atomic E-state index is 12.0. The third-order valence-corrected chi connectivity index (χ3v) is 3.61. The van der Waals surface area contributed by atoms with Crippen molar-refractivity contribution in [2.45, 2.75) is 13.8 Å². The average Bonchev–Trinajstić information content (AvgIpc) is 2.49. The summed E-state index contributed by atoms with van der Waals surface area (Å²) in [6.45, 7) is 3.46. The summed E-state index contributed by atoms with van der Waals surface area (Å²) in [5.41, 5.74) is 2.80. The zero-order chi connectivity index (χ0) is 16.1. The molecule has 4 nitrogen and oxygen atoms in total.